The van der Waals surface area contributed by atoms with Gasteiger partial charge in [0.25, 0.3) is 0 Å². The minimum Gasteiger partial charge on any atom is -0.748 e. The molecule has 0 fully saturated rings. The Bertz CT molecular complexity index is 423. The van der Waals surface area contributed by atoms with Crippen molar-refractivity contribution in [2.24, 2.45) is 0 Å². The van der Waals surface area contributed by atoms with Crippen LogP contribution in [-0.2, 0) is 16.5 Å². The molecular formula is C11H13KO3S. The summed E-state index contributed by atoms with van der Waals surface area (Å²) in [4.78, 5) is 0. The third kappa shape index (κ3) is 6.95. The predicted octanol–water partition coefficient (Wildman–Crippen LogP) is -1.19. The Morgan fingerprint density at radius 3 is 2.25 bits per heavy atom. The number of rotatable bonds is 5. The van der Waals surface area contributed by atoms with Gasteiger partial charge in [0.05, 0.1) is 10.1 Å². The molecule has 1 aromatic rings. The summed E-state index contributed by atoms with van der Waals surface area (Å²) in [5, 5.41) is 0. The fourth-order valence-corrected chi connectivity index (χ4v) is 1.77. The van der Waals surface area contributed by atoms with Crippen LogP contribution in [0.4, 0.5) is 0 Å². The van der Waals surface area contributed by atoms with Crippen molar-refractivity contribution in [1.29, 1.82) is 0 Å². The largest absolute Gasteiger partial charge is 1.00 e. The number of aryl methyl sites for hydroxylation is 1. The van der Waals surface area contributed by atoms with E-state index in [0.29, 0.717) is 12.8 Å². The Kier molecular flexibility index (Phi) is 8.01. The van der Waals surface area contributed by atoms with Crippen LogP contribution in [0.5, 0.6) is 0 Å². The van der Waals surface area contributed by atoms with Crippen molar-refractivity contribution in [2.75, 3.05) is 5.75 Å². The van der Waals surface area contributed by atoms with Gasteiger partial charge in [-0.05, 0) is 24.0 Å². The fraction of sp³-hybridized carbons (Fsp3) is 0.273. The summed E-state index contributed by atoms with van der Waals surface area (Å²) >= 11 is 0. The molecule has 0 heterocycles. The molecule has 1 aromatic carbocycles. The van der Waals surface area contributed by atoms with Crippen molar-refractivity contribution in [3.05, 3.63) is 42.0 Å². The monoisotopic (exact) mass is 264 g/mol. The third-order valence-electron chi connectivity index (χ3n) is 2.08. The first-order valence-corrected chi connectivity index (χ1v) is 6.24. The van der Waals surface area contributed by atoms with Gasteiger partial charge in [0.1, 0.15) is 0 Å². The van der Waals surface area contributed by atoms with E-state index >= 15 is 0 Å². The van der Waals surface area contributed by atoms with Gasteiger partial charge in [0.15, 0.2) is 0 Å². The van der Waals surface area contributed by atoms with Crippen LogP contribution in [0.3, 0.4) is 0 Å². The molecule has 82 valence electrons. The first-order valence-electron chi connectivity index (χ1n) is 4.66. The van der Waals surface area contributed by atoms with Gasteiger partial charge < -0.3 is 4.55 Å². The Balaban J connectivity index is 0.00000225. The average molecular weight is 264 g/mol. The van der Waals surface area contributed by atoms with E-state index in [4.69, 9.17) is 0 Å². The Morgan fingerprint density at radius 2 is 1.81 bits per heavy atom. The first kappa shape index (κ1) is 16.5. The molecule has 0 saturated heterocycles. The van der Waals surface area contributed by atoms with Gasteiger partial charge in [-0.3, -0.25) is 0 Å². The number of hydrogen-bond donors (Lipinski definition) is 0. The molecule has 0 bridgehead atoms. The van der Waals surface area contributed by atoms with E-state index < -0.39 is 10.1 Å². The number of benzene rings is 1. The zero-order valence-electron chi connectivity index (χ0n) is 9.35. The van der Waals surface area contributed by atoms with Gasteiger partial charge in [0, 0.05) is 5.75 Å². The Morgan fingerprint density at radius 1 is 1.25 bits per heavy atom. The van der Waals surface area contributed by atoms with Crippen LogP contribution in [0.1, 0.15) is 17.5 Å². The number of hydrogen-bond acceptors (Lipinski definition) is 3. The van der Waals surface area contributed by atoms with Crippen molar-refractivity contribution >= 4 is 16.2 Å². The molecular weight excluding hydrogens is 251 g/mol. The van der Waals surface area contributed by atoms with E-state index in [2.05, 4.69) is 6.58 Å². The summed E-state index contributed by atoms with van der Waals surface area (Å²) in [7, 11) is -4.07. The quantitative estimate of drug-likeness (QED) is 0.496. The van der Waals surface area contributed by atoms with E-state index in [1.165, 1.54) is 0 Å². The molecule has 0 aromatic heterocycles. The zero-order chi connectivity index (χ0) is 11.3. The summed E-state index contributed by atoms with van der Waals surface area (Å²) in [5.41, 5.74) is 2.06. The van der Waals surface area contributed by atoms with Crippen LogP contribution in [-0.4, -0.2) is 18.7 Å². The maximum atomic E-state index is 10.4. The standard InChI is InChI=1S/C11H14O3S.K/c1-2-10-5-7-11(8-6-10)4-3-9-15(12,13)14;/h2,5-8H,1,3-4,9H2,(H,12,13,14);/q;+1/p-1. The second-order valence-electron chi connectivity index (χ2n) is 3.31. The molecule has 0 aliphatic rings. The van der Waals surface area contributed by atoms with Gasteiger partial charge in [0.2, 0.25) is 0 Å². The second-order valence-corrected chi connectivity index (χ2v) is 4.83. The van der Waals surface area contributed by atoms with E-state index in [1.807, 2.05) is 24.3 Å². The van der Waals surface area contributed by atoms with Crippen LogP contribution >= 0.6 is 0 Å². The van der Waals surface area contributed by atoms with Crippen LogP contribution in [0, 0.1) is 0 Å². The molecule has 0 aliphatic carbocycles. The van der Waals surface area contributed by atoms with Crippen molar-refractivity contribution < 1.29 is 64.4 Å². The van der Waals surface area contributed by atoms with Gasteiger partial charge >= 0.3 is 51.4 Å². The van der Waals surface area contributed by atoms with Gasteiger partial charge in [-0.1, -0.05) is 36.9 Å². The van der Waals surface area contributed by atoms with Crippen molar-refractivity contribution in [1.82, 2.24) is 0 Å². The zero-order valence-corrected chi connectivity index (χ0v) is 13.3. The van der Waals surface area contributed by atoms with Crippen molar-refractivity contribution in [2.45, 2.75) is 12.8 Å². The predicted molar refractivity (Wildman–Crippen MR) is 59.4 cm³/mol. The van der Waals surface area contributed by atoms with E-state index in [-0.39, 0.29) is 57.1 Å². The molecule has 0 unspecified atom stereocenters. The summed E-state index contributed by atoms with van der Waals surface area (Å²) in [6, 6.07) is 7.64. The molecule has 0 amide bonds. The second kappa shape index (κ2) is 7.76. The summed E-state index contributed by atoms with van der Waals surface area (Å²) in [6.45, 7) is 3.63. The van der Waals surface area contributed by atoms with E-state index in [9.17, 15) is 13.0 Å². The Hall–Kier alpha value is 0.506. The van der Waals surface area contributed by atoms with Gasteiger partial charge in [-0.15, -0.1) is 0 Å². The molecule has 0 radical (unpaired) electrons. The summed E-state index contributed by atoms with van der Waals surface area (Å²) in [6.07, 6.45) is 2.73. The third-order valence-corrected chi connectivity index (χ3v) is 2.86. The minimum absolute atomic E-state index is 0. The molecule has 0 saturated carbocycles. The SMILES string of the molecule is C=Cc1ccc(CCCS(=O)(=O)[O-])cc1.[K+]. The van der Waals surface area contributed by atoms with Crippen molar-refractivity contribution in [3.63, 3.8) is 0 Å². The summed E-state index contributed by atoms with van der Waals surface area (Å²) < 4.78 is 31.1. The average Bonchev–Trinajstić information content (AvgIpc) is 2.17. The molecule has 0 aliphatic heterocycles. The maximum Gasteiger partial charge on any atom is 1.00 e. The molecule has 16 heavy (non-hydrogen) atoms. The summed E-state index contributed by atoms with van der Waals surface area (Å²) in [5.74, 6) is -0.295. The first-order chi connectivity index (χ1) is 7.01. The molecule has 0 N–H and O–H groups in total. The fourth-order valence-electron chi connectivity index (χ4n) is 1.27. The van der Waals surface area contributed by atoms with E-state index in [0.717, 1.165) is 11.1 Å². The van der Waals surface area contributed by atoms with Crippen LogP contribution in [0.25, 0.3) is 6.08 Å². The molecule has 0 spiro atoms. The Labute approximate surface area is 139 Å². The minimum atomic E-state index is -4.07. The maximum absolute atomic E-state index is 10.4. The molecule has 1 rings (SSSR count). The normalized spacial score (nSPS) is 10.6. The smallest absolute Gasteiger partial charge is 0.748 e. The van der Waals surface area contributed by atoms with Gasteiger partial charge in [-0.25, -0.2) is 8.42 Å². The van der Waals surface area contributed by atoms with Crippen LogP contribution in [0.2, 0.25) is 0 Å². The van der Waals surface area contributed by atoms with Crippen LogP contribution < -0.4 is 51.4 Å². The molecule has 0 atom stereocenters. The molecule has 3 nitrogen and oxygen atoms in total. The topological polar surface area (TPSA) is 57.2 Å². The van der Waals surface area contributed by atoms with Gasteiger partial charge in [-0.2, -0.15) is 0 Å². The molecule has 5 heteroatoms. The van der Waals surface area contributed by atoms with Crippen LogP contribution in [0.15, 0.2) is 30.8 Å². The van der Waals surface area contributed by atoms with E-state index in [1.54, 1.807) is 6.08 Å². The van der Waals surface area contributed by atoms with Crippen molar-refractivity contribution in [3.8, 4) is 0 Å².